The average molecular weight is 452 g/mol. The van der Waals surface area contributed by atoms with E-state index < -0.39 is 6.04 Å². The molecule has 2 amide bonds. The molecule has 0 radical (unpaired) electrons. The van der Waals surface area contributed by atoms with E-state index in [4.69, 9.17) is 14.7 Å². The summed E-state index contributed by atoms with van der Waals surface area (Å²) in [6, 6.07) is 13.5. The van der Waals surface area contributed by atoms with E-state index in [9.17, 15) is 9.59 Å². The van der Waals surface area contributed by atoms with Crippen LogP contribution in [0.5, 0.6) is 11.5 Å². The molecule has 166 valence electrons. The number of hydrogen-bond donors (Lipinski definition) is 1. The van der Waals surface area contributed by atoms with Crippen molar-refractivity contribution in [3.8, 4) is 17.6 Å². The van der Waals surface area contributed by atoms with Gasteiger partial charge in [-0.05, 0) is 61.9 Å². The Hall–Kier alpha value is -3.44. The summed E-state index contributed by atoms with van der Waals surface area (Å²) >= 11 is 1.53. The number of ether oxygens (including phenoxy) is 2. The molecule has 1 fully saturated rings. The number of hydrogen-bond acceptors (Lipinski definition) is 6. The van der Waals surface area contributed by atoms with Gasteiger partial charge in [0.2, 0.25) is 11.8 Å². The minimum atomic E-state index is -0.566. The van der Waals surface area contributed by atoms with Crippen LogP contribution in [-0.2, 0) is 9.59 Å². The Morgan fingerprint density at radius 3 is 2.62 bits per heavy atom. The highest BCUT2D eigenvalue weighted by Gasteiger charge is 2.33. The second-order valence-corrected chi connectivity index (χ2v) is 8.41. The van der Waals surface area contributed by atoms with Gasteiger partial charge >= 0.3 is 0 Å². The van der Waals surface area contributed by atoms with Gasteiger partial charge in [-0.1, -0.05) is 6.07 Å². The number of rotatable bonds is 7. The molecule has 1 unspecified atom stereocenters. The van der Waals surface area contributed by atoms with E-state index in [1.807, 2.05) is 32.0 Å². The van der Waals surface area contributed by atoms with E-state index in [1.54, 1.807) is 48.4 Å². The predicted octanol–water partition coefficient (Wildman–Crippen LogP) is 3.91. The van der Waals surface area contributed by atoms with Gasteiger partial charge in [0.05, 0.1) is 30.7 Å². The molecule has 8 heteroatoms. The van der Waals surface area contributed by atoms with Crippen molar-refractivity contribution in [2.45, 2.75) is 26.0 Å². The second-order valence-electron chi connectivity index (χ2n) is 7.41. The zero-order valence-electron chi connectivity index (χ0n) is 18.2. The quantitative estimate of drug-likeness (QED) is 0.642. The molecule has 1 aliphatic rings. The molecule has 1 aliphatic heterocycles. The highest BCUT2D eigenvalue weighted by molar-refractivity contribution is 7.99. The van der Waals surface area contributed by atoms with E-state index in [-0.39, 0.29) is 17.9 Å². The second kappa shape index (κ2) is 10.7. The molecule has 1 saturated heterocycles. The van der Waals surface area contributed by atoms with Crippen LogP contribution in [0, 0.1) is 11.3 Å². The molecule has 0 aromatic heterocycles. The first kappa shape index (κ1) is 23.2. The van der Waals surface area contributed by atoms with E-state index in [1.165, 1.54) is 17.8 Å². The van der Waals surface area contributed by atoms with Crippen LogP contribution in [0.3, 0.4) is 0 Å². The molecule has 32 heavy (non-hydrogen) atoms. The van der Waals surface area contributed by atoms with Crippen molar-refractivity contribution < 1.29 is 19.1 Å². The molecule has 2 aromatic carbocycles. The van der Waals surface area contributed by atoms with Crippen molar-refractivity contribution >= 4 is 35.3 Å². The highest BCUT2D eigenvalue weighted by atomic mass is 32.2. The summed E-state index contributed by atoms with van der Waals surface area (Å²) in [6.45, 7) is 3.88. The lowest BCUT2D eigenvalue weighted by Crippen LogP contribution is -2.43. The molecule has 1 N–H and O–H groups in total. The number of carbonyl (C=O) groups excluding carboxylic acids is 2. The van der Waals surface area contributed by atoms with Gasteiger partial charge in [-0.2, -0.15) is 5.26 Å². The summed E-state index contributed by atoms with van der Waals surface area (Å²) in [7, 11) is 1.57. The summed E-state index contributed by atoms with van der Waals surface area (Å²) in [5, 5.41) is 11.7. The molecule has 0 spiro atoms. The Balaban J connectivity index is 1.66. The van der Waals surface area contributed by atoms with Gasteiger partial charge in [-0.25, -0.2) is 0 Å². The minimum Gasteiger partial charge on any atom is -0.493 e. The maximum Gasteiger partial charge on any atom is 0.248 e. The van der Waals surface area contributed by atoms with Gasteiger partial charge in [-0.3, -0.25) is 9.59 Å². The zero-order chi connectivity index (χ0) is 23.1. The molecule has 0 aliphatic carbocycles. The van der Waals surface area contributed by atoms with Gasteiger partial charge in [0.15, 0.2) is 11.5 Å². The van der Waals surface area contributed by atoms with E-state index in [2.05, 4.69) is 5.32 Å². The summed E-state index contributed by atoms with van der Waals surface area (Å²) < 4.78 is 11.1. The van der Waals surface area contributed by atoms with Gasteiger partial charge in [0.1, 0.15) is 6.04 Å². The Morgan fingerprint density at radius 2 is 1.97 bits per heavy atom. The first-order valence-corrected chi connectivity index (χ1v) is 11.3. The first-order chi connectivity index (χ1) is 15.4. The number of carbonyl (C=O) groups is 2. The van der Waals surface area contributed by atoms with E-state index >= 15 is 0 Å². The van der Waals surface area contributed by atoms with Crippen LogP contribution in [-0.4, -0.2) is 47.6 Å². The molecular weight excluding hydrogens is 426 g/mol. The average Bonchev–Trinajstić information content (AvgIpc) is 3.28. The molecule has 3 rings (SSSR count). The summed E-state index contributed by atoms with van der Waals surface area (Å²) in [6.07, 6.45) is 3.18. The van der Waals surface area contributed by atoms with Crippen molar-refractivity contribution in [2.75, 3.05) is 24.1 Å². The fourth-order valence-corrected chi connectivity index (χ4v) is 4.30. The van der Waals surface area contributed by atoms with Crippen molar-refractivity contribution in [1.82, 2.24) is 4.90 Å². The standard InChI is InChI=1S/C24H25N3O4S/c1-16(2)31-21-10-6-17(12-22(21)30-3)7-11-23(28)27-15-32-14-20(27)24(29)26-19-8-4-18(13-25)5-9-19/h4-12,16,20H,14-15H2,1-3H3,(H,26,29)/b11-7+. The van der Waals surface area contributed by atoms with Crippen LogP contribution in [0.15, 0.2) is 48.5 Å². The van der Waals surface area contributed by atoms with Gasteiger partial charge < -0.3 is 19.7 Å². The van der Waals surface area contributed by atoms with Crippen LogP contribution in [0.25, 0.3) is 6.08 Å². The third-order valence-corrected chi connectivity index (χ3v) is 5.73. The van der Waals surface area contributed by atoms with Crippen LogP contribution >= 0.6 is 11.8 Å². The molecule has 0 bridgehead atoms. The van der Waals surface area contributed by atoms with Crippen LogP contribution in [0.2, 0.25) is 0 Å². The van der Waals surface area contributed by atoms with Crippen molar-refractivity contribution in [3.63, 3.8) is 0 Å². The maximum absolute atomic E-state index is 12.8. The summed E-state index contributed by atoms with van der Waals surface area (Å²) in [5.74, 6) is 1.71. The van der Waals surface area contributed by atoms with E-state index in [0.29, 0.717) is 34.4 Å². The minimum absolute atomic E-state index is 0.0203. The summed E-state index contributed by atoms with van der Waals surface area (Å²) in [5.41, 5.74) is 1.89. The predicted molar refractivity (Wildman–Crippen MR) is 126 cm³/mol. The lowest BCUT2D eigenvalue weighted by atomic mass is 10.1. The number of nitriles is 1. The number of benzene rings is 2. The maximum atomic E-state index is 12.8. The Kier molecular flexibility index (Phi) is 7.79. The Bertz CT molecular complexity index is 1040. The molecule has 2 aromatic rings. The zero-order valence-corrected chi connectivity index (χ0v) is 19.0. The number of methoxy groups -OCH3 is 1. The Morgan fingerprint density at radius 1 is 1.22 bits per heavy atom. The molecule has 1 heterocycles. The van der Waals surface area contributed by atoms with Crippen LogP contribution < -0.4 is 14.8 Å². The molecule has 1 atom stereocenters. The largest absolute Gasteiger partial charge is 0.493 e. The lowest BCUT2D eigenvalue weighted by Gasteiger charge is -2.21. The topological polar surface area (TPSA) is 91.7 Å². The third-order valence-electron chi connectivity index (χ3n) is 4.72. The van der Waals surface area contributed by atoms with Crippen molar-refractivity contribution in [3.05, 3.63) is 59.7 Å². The van der Waals surface area contributed by atoms with Crippen molar-refractivity contribution in [2.24, 2.45) is 0 Å². The van der Waals surface area contributed by atoms with Gasteiger partial charge in [-0.15, -0.1) is 11.8 Å². The fourth-order valence-electron chi connectivity index (χ4n) is 3.13. The molecule has 7 nitrogen and oxygen atoms in total. The van der Waals surface area contributed by atoms with Crippen LogP contribution in [0.1, 0.15) is 25.0 Å². The fraction of sp³-hybridized carbons (Fsp3) is 0.292. The lowest BCUT2D eigenvalue weighted by molar-refractivity contribution is -0.132. The summed E-state index contributed by atoms with van der Waals surface area (Å²) in [4.78, 5) is 27.1. The molecule has 0 saturated carbocycles. The molecular formula is C24H25N3O4S. The normalized spacial score (nSPS) is 15.6. The number of nitrogens with zero attached hydrogens (tertiary/aromatic N) is 2. The number of anilines is 1. The highest BCUT2D eigenvalue weighted by Crippen LogP contribution is 2.29. The monoisotopic (exact) mass is 451 g/mol. The van der Waals surface area contributed by atoms with E-state index in [0.717, 1.165) is 5.56 Å². The van der Waals surface area contributed by atoms with Gasteiger partial charge in [0, 0.05) is 17.5 Å². The third kappa shape index (κ3) is 5.83. The SMILES string of the molecule is COc1cc(/C=C/C(=O)N2CSCC2C(=O)Nc2ccc(C#N)cc2)ccc1OC(C)C. The van der Waals surface area contributed by atoms with Gasteiger partial charge in [0.25, 0.3) is 0 Å². The smallest absolute Gasteiger partial charge is 0.248 e. The number of amides is 2. The Labute approximate surface area is 192 Å². The first-order valence-electron chi connectivity index (χ1n) is 10.1. The number of thioether (sulfide) groups is 1. The van der Waals surface area contributed by atoms with Crippen LogP contribution in [0.4, 0.5) is 5.69 Å². The van der Waals surface area contributed by atoms with Crippen molar-refractivity contribution in [1.29, 1.82) is 5.26 Å². The number of nitrogens with one attached hydrogen (secondary N) is 1.